The summed E-state index contributed by atoms with van der Waals surface area (Å²) in [5, 5.41) is 13.0. The molecule has 2 rings (SSSR count). The molecule has 1 aromatic carbocycles. The fourth-order valence-corrected chi connectivity index (χ4v) is 1.68. The van der Waals surface area contributed by atoms with E-state index in [2.05, 4.69) is 5.32 Å². The Morgan fingerprint density at radius 3 is 2.85 bits per heavy atom. The SMILES string of the molecule is Br.Oc1cc2c(cc1Cl)CNCC2. The molecule has 0 spiro atoms. The van der Waals surface area contributed by atoms with Crippen LogP contribution >= 0.6 is 28.6 Å². The van der Waals surface area contributed by atoms with Crippen LogP contribution in [0.15, 0.2) is 12.1 Å². The van der Waals surface area contributed by atoms with Gasteiger partial charge in [-0.1, -0.05) is 11.6 Å². The Hall–Kier alpha value is -0.250. The summed E-state index contributed by atoms with van der Waals surface area (Å²) >= 11 is 5.77. The fraction of sp³-hybridized carbons (Fsp3) is 0.333. The minimum atomic E-state index is 0. The average Bonchev–Trinajstić information content (AvgIpc) is 2.07. The second-order valence-corrected chi connectivity index (χ2v) is 3.41. The van der Waals surface area contributed by atoms with E-state index in [4.69, 9.17) is 11.6 Å². The maximum atomic E-state index is 9.32. The lowest BCUT2D eigenvalue weighted by Gasteiger charge is -2.17. The summed E-state index contributed by atoms with van der Waals surface area (Å²) in [6.45, 7) is 1.84. The molecule has 2 nitrogen and oxygen atoms in total. The molecule has 1 aliphatic heterocycles. The molecule has 13 heavy (non-hydrogen) atoms. The highest BCUT2D eigenvalue weighted by Crippen LogP contribution is 2.28. The Balaban J connectivity index is 0.000000845. The van der Waals surface area contributed by atoms with Gasteiger partial charge in [-0.2, -0.15) is 0 Å². The molecule has 0 unspecified atom stereocenters. The highest BCUT2D eigenvalue weighted by atomic mass is 79.9. The molecule has 0 saturated carbocycles. The van der Waals surface area contributed by atoms with E-state index in [-0.39, 0.29) is 22.7 Å². The first-order valence-corrected chi connectivity index (χ1v) is 4.36. The molecule has 4 heteroatoms. The predicted octanol–water partition coefficient (Wildman–Crippen LogP) is 2.27. The van der Waals surface area contributed by atoms with Gasteiger partial charge in [0.15, 0.2) is 0 Å². The smallest absolute Gasteiger partial charge is 0.134 e. The van der Waals surface area contributed by atoms with Crippen LogP contribution in [-0.2, 0) is 13.0 Å². The maximum absolute atomic E-state index is 9.32. The molecular formula is C9H11BrClNO. The third-order valence-electron chi connectivity index (χ3n) is 2.16. The van der Waals surface area contributed by atoms with Gasteiger partial charge in [-0.15, -0.1) is 17.0 Å². The Labute approximate surface area is 92.7 Å². The Morgan fingerprint density at radius 2 is 2.08 bits per heavy atom. The summed E-state index contributed by atoms with van der Waals surface area (Å²) in [5.41, 5.74) is 2.40. The number of aromatic hydroxyl groups is 1. The molecule has 2 N–H and O–H groups in total. The molecule has 0 amide bonds. The number of hydrogen-bond donors (Lipinski definition) is 2. The van der Waals surface area contributed by atoms with E-state index >= 15 is 0 Å². The Bertz CT molecular complexity index is 286. The lowest BCUT2D eigenvalue weighted by Crippen LogP contribution is -2.23. The van der Waals surface area contributed by atoms with Crippen LogP contribution in [0.4, 0.5) is 0 Å². The maximum Gasteiger partial charge on any atom is 0.134 e. The summed E-state index contributed by atoms with van der Waals surface area (Å²) < 4.78 is 0. The van der Waals surface area contributed by atoms with Gasteiger partial charge in [0.2, 0.25) is 0 Å². The molecule has 0 fully saturated rings. The van der Waals surface area contributed by atoms with Crippen molar-refractivity contribution in [3.63, 3.8) is 0 Å². The first-order valence-electron chi connectivity index (χ1n) is 3.98. The predicted molar refractivity (Wildman–Crippen MR) is 58.8 cm³/mol. The minimum absolute atomic E-state index is 0. The lowest BCUT2D eigenvalue weighted by atomic mass is 10.0. The zero-order valence-corrected chi connectivity index (χ0v) is 9.48. The molecule has 1 heterocycles. The monoisotopic (exact) mass is 263 g/mol. The van der Waals surface area contributed by atoms with Crippen molar-refractivity contribution in [2.75, 3.05) is 6.54 Å². The zero-order valence-electron chi connectivity index (χ0n) is 7.01. The van der Waals surface area contributed by atoms with Crippen LogP contribution in [0.2, 0.25) is 5.02 Å². The van der Waals surface area contributed by atoms with Gasteiger partial charge < -0.3 is 10.4 Å². The van der Waals surface area contributed by atoms with Gasteiger partial charge in [0, 0.05) is 6.54 Å². The van der Waals surface area contributed by atoms with Crippen molar-refractivity contribution < 1.29 is 5.11 Å². The van der Waals surface area contributed by atoms with Crippen molar-refractivity contribution >= 4 is 28.6 Å². The van der Waals surface area contributed by atoms with Crippen molar-refractivity contribution in [1.82, 2.24) is 5.32 Å². The van der Waals surface area contributed by atoms with Crippen molar-refractivity contribution in [2.24, 2.45) is 0 Å². The van der Waals surface area contributed by atoms with Gasteiger partial charge >= 0.3 is 0 Å². The van der Waals surface area contributed by atoms with E-state index in [9.17, 15) is 5.11 Å². The highest BCUT2D eigenvalue weighted by Gasteiger charge is 2.10. The number of rotatable bonds is 0. The lowest BCUT2D eigenvalue weighted by molar-refractivity contribution is 0.473. The van der Waals surface area contributed by atoms with Gasteiger partial charge in [0.25, 0.3) is 0 Å². The van der Waals surface area contributed by atoms with Crippen LogP contribution in [-0.4, -0.2) is 11.7 Å². The standard InChI is InChI=1S/C9H10ClNO.BrH/c10-8-3-7-5-11-2-1-6(7)4-9(8)12;/h3-4,11-12H,1-2,5H2;1H. The molecule has 0 aromatic heterocycles. The van der Waals surface area contributed by atoms with Crippen molar-refractivity contribution in [1.29, 1.82) is 0 Å². The number of phenolic OH excluding ortho intramolecular Hbond substituents is 1. The third kappa shape index (κ3) is 2.16. The average molecular weight is 265 g/mol. The van der Waals surface area contributed by atoms with Gasteiger partial charge in [-0.3, -0.25) is 0 Å². The summed E-state index contributed by atoms with van der Waals surface area (Å²) in [4.78, 5) is 0. The van der Waals surface area contributed by atoms with Crippen LogP contribution in [0.1, 0.15) is 11.1 Å². The van der Waals surface area contributed by atoms with Gasteiger partial charge in [-0.25, -0.2) is 0 Å². The van der Waals surface area contributed by atoms with E-state index in [0.717, 1.165) is 19.5 Å². The van der Waals surface area contributed by atoms with Crippen LogP contribution in [0.25, 0.3) is 0 Å². The largest absolute Gasteiger partial charge is 0.506 e. The van der Waals surface area contributed by atoms with E-state index in [1.54, 1.807) is 6.07 Å². The zero-order chi connectivity index (χ0) is 8.55. The quantitative estimate of drug-likeness (QED) is 0.753. The van der Waals surface area contributed by atoms with Crippen molar-refractivity contribution in [2.45, 2.75) is 13.0 Å². The summed E-state index contributed by atoms with van der Waals surface area (Å²) in [6.07, 6.45) is 0.972. The summed E-state index contributed by atoms with van der Waals surface area (Å²) in [5.74, 6) is 0.192. The molecule has 0 radical (unpaired) electrons. The van der Waals surface area contributed by atoms with Gasteiger partial charge in [0.05, 0.1) is 5.02 Å². The van der Waals surface area contributed by atoms with E-state index in [1.165, 1.54) is 11.1 Å². The highest BCUT2D eigenvalue weighted by molar-refractivity contribution is 8.93. The Morgan fingerprint density at radius 1 is 1.31 bits per heavy atom. The molecule has 0 atom stereocenters. The number of halogens is 2. The number of phenols is 1. The van der Waals surface area contributed by atoms with Crippen LogP contribution in [0.3, 0.4) is 0 Å². The normalized spacial score (nSPS) is 14.5. The first-order chi connectivity index (χ1) is 5.77. The molecular weight excluding hydrogens is 253 g/mol. The molecule has 1 aliphatic rings. The Kier molecular flexibility index (Phi) is 3.59. The fourth-order valence-electron chi connectivity index (χ4n) is 1.49. The second kappa shape index (κ2) is 4.31. The summed E-state index contributed by atoms with van der Waals surface area (Å²) in [7, 11) is 0. The van der Waals surface area contributed by atoms with Gasteiger partial charge in [-0.05, 0) is 36.2 Å². The van der Waals surface area contributed by atoms with E-state index in [0.29, 0.717) is 5.02 Å². The van der Waals surface area contributed by atoms with E-state index in [1.807, 2.05) is 6.07 Å². The molecule has 0 saturated heterocycles. The third-order valence-corrected chi connectivity index (χ3v) is 2.46. The van der Waals surface area contributed by atoms with Gasteiger partial charge in [0.1, 0.15) is 5.75 Å². The van der Waals surface area contributed by atoms with Crippen LogP contribution in [0, 0.1) is 0 Å². The van der Waals surface area contributed by atoms with Crippen molar-refractivity contribution in [3.8, 4) is 5.75 Å². The molecule has 0 bridgehead atoms. The molecule has 0 aliphatic carbocycles. The number of hydrogen-bond acceptors (Lipinski definition) is 2. The number of fused-ring (bicyclic) bond motifs is 1. The van der Waals surface area contributed by atoms with Crippen molar-refractivity contribution in [3.05, 3.63) is 28.3 Å². The summed E-state index contributed by atoms with van der Waals surface area (Å²) in [6, 6.07) is 3.59. The number of nitrogens with one attached hydrogen (secondary N) is 1. The molecule has 1 aromatic rings. The second-order valence-electron chi connectivity index (χ2n) is 3.00. The number of benzene rings is 1. The van der Waals surface area contributed by atoms with Crippen LogP contribution < -0.4 is 5.32 Å². The van der Waals surface area contributed by atoms with E-state index < -0.39 is 0 Å². The minimum Gasteiger partial charge on any atom is -0.506 e. The van der Waals surface area contributed by atoms with Crippen LogP contribution in [0.5, 0.6) is 5.75 Å². The topological polar surface area (TPSA) is 32.3 Å². The first kappa shape index (κ1) is 10.8. The molecule has 72 valence electrons.